The Kier molecular flexibility index (Phi) is 2.96. The minimum atomic E-state index is 0.451. The number of hydrogen-bond acceptors (Lipinski definition) is 3. The lowest BCUT2D eigenvalue weighted by atomic mass is 10.1. The molecule has 4 heteroatoms. The molecular weight excluding hydrogens is 292 g/mol. The van der Waals surface area contributed by atoms with Gasteiger partial charge < -0.3 is 10.5 Å². The van der Waals surface area contributed by atoms with Crippen molar-refractivity contribution in [2.24, 2.45) is 0 Å². The molecule has 0 radical (unpaired) electrons. The molecule has 1 aromatic carbocycles. The van der Waals surface area contributed by atoms with E-state index in [1.165, 1.54) is 18.4 Å². The SMILES string of the molecule is Nc1cc(Oc2cccc(C3CC3)c2)c(Br)cn1. The average Bonchev–Trinajstić information content (AvgIpc) is 3.18. The fourth-order valence-electron chi connectivity index (χ4n) is 1.89. The van der Waals surface area contributed by atoms with E-state index in [1.807, 2.05) is 12.1 Å². The third kappa shape index (κ3) is 2.48. The second-order valence-electron chi connectivity index (χ2n) is 4.49. The summed E-state index contributed by atoms with van der Waals surface area (Å²) < 4.78 is 6.64. The molecule has 3 nitrogen and oxygen atoms in total. The van der Waals surface area contributed by atoms with Crippen molar-refractivity contribution in [1.82, 2.24) is 4.98 Å². The molecule has 0 amide bonds. The maximum atomic E-state index is 5.84. The first-order chi connectivity index (χ1) is 8.72. The van der Waals surface area contributed by atoms with Crippen LogP contribution in [0, 0.1) is 0 Å². The lowest BCUT2D eigenvalue weighted by Gasteiger charge is -2.09. The number of ether oxygens (including phenoxy) is 1. The van der Waals surface area contributed by atoms with Gasteiger partial charge in [0.05, 0.1) is 4.47 Å². The molecule has 18 heavy (non-hydrogen) atoms. The zero-order valence-corrected chi connectivity index (χ0v) is 11.4. The molecule has 1 aromatic heterocycles. The summed E-state index contributed by atoms with van der Waals surface area (Å²) in [5.74, 6) is 2.70. The summed E-state index contributed by atoms with van der Waals surface area (Å²) >= 11 is 3.40. The van der Waals surface area contributed by atoms with Gasteiger partial charge in [-0.1, -0.05) is 12.1 Å². The third-order valence-electron chi connectivity index (χ3n) is 2.98. The van der Waals surface area contributed by atoms with Gasteiger partial charge in [0.25, 0.3) is 0 Å². The molecule has 0 unspecified atom stereocenters. The van der Waals surface area contributed by atoms with E-state index in [4.69, 9.17) is 10.5 Å². The molecule has 92 valence electrons. The molecule has 2 aromatic rings. The van der Waals surface area contributed by atoms with Crippen LogP contribution < -0.4 is 10.5 Å². The summed E-state index contributed by atoms with van der Waals surface area (Å²) in [6.45, 7) is 0. The fraction of sp³-hybridized carbons (Fsp3) is 0.214. The van der Waals surface area contributed by atoms with Crippen LogP contribution in [0.1, 0.15) is 24.3 Å². The van der Waals surface area contributed by atoms with Gasteiger partial charge in [0.1, 0.15) is 17.3 Å². The highest BCUT2D eigenvalue weighted by Gasteiger charge is 2.23. The van der Waals surface area contributed by atoms with Crippen LogP contribution in [-0.2, 0) is 0 Å². The first-order valence-electron chi connectivity index (χ1n) is 5.91. The van der Waals surface area contributed by atoms with Crippen molar-refractivity contribution < 1.29 is 4.74 Å². The Morgan fingerprint density at radius 3 is 2.89 bits per heavy atom. The van der Waals surface area contributed by atoms with E-state index < -0.39 is 0 Å². The number of hydrogen-bond donors (Lipinski definition) is 1. The highest BCUT2D eigenvalue weighted by molar-refractivity contribution is 9.10. The molecular formula is C14H13BrN2O. The van der Waals surface area contributed by atoms with E-state index in [-0.39, 0.29) is 0 Å². The van der Waals surface area contributed by atoms with Crippen molar-refractivity contribution in [1.29, 1.82) is 0 Å². The highest BCUT2D eigenvalue weighted by atomic mass is 79.9. The average molecular weight is 305 g/mol. The summed E-state index contributed by atoms with van der Waals surface area (Å²) in [5.41, 5.74) is 7.01. The predicted molar refractivity (Wildman–Crippen MR) is 74.8 cm³/mol. The predicted octanol–water partition coefficient (Wildman–Crippen LogP) is 4.10. The standard InChI is InChI=1S/C14H13BrN2O/c15-12-8-17-14(16)7-13(12)18-11-3-1-2-10(6-11)9-4-5-9/h1-3,6-9H,4-5H2,(H2,16,17). The summed E-state index contributed by atoms with van der Waals surface area (Å²) in [7, 11) is 0. The quantitative estimate of drug-likeness (QED) is 0.929. The molecule has 1 heterocycles. The molecule has 1 aliphatic carbocycles. The van der Waals surface area contributed by atoms with E-state index in [0.29, 0.717) is 11.6 Å². The highest BCUT2D eigenvalue weighted by Crippen LogP contribution is 2.41. The Hall–Kier alpha value is -1.55. The van der Waals surface area contributed by atoms with Crippen LogP contribution in [-0.4, -0.2) is 4.98 Å². The van der Waals surface area contributed by atoms with Gasteiger partial charge >= 0.3 is 0 Å². The number of nitrogens with two attached hydrogens (primary N) is 1. The van der Waals surface area contributed by atoms with E-state index in [2.05, 4.69) is 33.0 Å². The van der Waals surface area contributed by atoms with E-state index in [1.54, 1.807) is 12.3 Å². The van der Waals surface area contributed by atoms with Crippen LogP contribution in [0.3, 0.4) is 0 Å². The van der Waals surface area contributed by atoms with Gasteiger partial charge in [-0.3, -0.25) is 0 Å². The van der Waals surface area contributed by atoms with Crippen LogP contribution in [0.15, 0.2) is 41.0 Å². The van der Waals surface area contributed by atoms with Crippen LogP contribution in [0.4, 0.5) is 5.82 Å². The second-order valence-corrected chi connectivity index (χ2v) is 5.34. The number of nitrogens with zero attached hydrogens (tertiary/aromatic N) is 1. The van der Waals surface area contributed by atoms with Gasteiger partial charge in [0.2, 0.25) is 0 Å². The molecule has 3 rings (SSSR count). The van der Waals surface area contributed by atoms with Crippen molar-refractivity contribution in [3.05, 3.63) is 46.6 Å². The second kappa shape index (κ2) is 4.61. The number of nitrogen functional groups attached to an aromatic ring is 1. The van der Waals surface area contributed by atoms with Crippen molar-refractivity contribution in [3.8, 4) is 11.5 Å². The van der Waals surface area contributed by atoms with E-state index in [0.717, 1.165) is 16.1 Å². The Balaban J connectivity index is 1.87. The van der Waals surface area contributed by atoms with Crippen molar-refractivity contribution in [2.45, 2.75) is 18.8 Å². The van der Waals surface area contributed by atoms with Crippen LogP contribution in [0.25, 0.3) is 0 Å². The number of pyridine rings is 1. The third-order valence-corrected chi connectivity index (χ3v) is 3.57. The van der Waals surface area contributed by atoms with Gasteiger partial charge in [0.15, 0.2) is 0 Å². The topological polar surface area (TPSA) is 48.1 Å². The number of halogens is 1. The molecule has 1 aliphatic rings. The largest absolute Gasteiger partial charge is 0.456 e. The first kappa shape index (κ1) is 11.5. The molecule has 0 saturated heterocycles. The minimum absolute atomic E-state index is 0.451. The Labute approximate surface area is 114 Å². The number of rotatable bonds is 3. The van der Waals surface area contributed by atoms with Crippen molar-refractivity contribution in [2.75, 3.05) is 5.73 Å². The van der Waals surface area contributed by atoms with Crippen LogP contribution >= 0.6 is 15.9 Å². The minimum Gasteiger partial charge on any atom is -0.456 e. The van der Waals surface area contributed by atoms with Gasteiger partial charge in [-0.15, -0.1) is 0 Å². The van der Waals surface area contributed by atoms with Crippen LogP contribution in [0.2, 0.25) is 0 Å². The maximum Gasteiger partial charge on any atom is 0.146 e. The Bertz CT molecular complexity index is 582. The molecule has 2 N–H and O–H groups in total. The smallest absolute Gasteiger partial charge is 0.146 e. The first-order valence-corrected chi connectivity index (χ1v) is 6.70. The van der Waals surface area contributed by atoms with Crippen molar-refractivity contribution >= 4 is 21.7 Å². The van der Waals surface area contributed by atoms with Gasteiger partial charge in [-0.25, -0.2) is 4.98 Å². The molecule has 0 atom stereocenters. The molecule has 0 spiro atoms. The number of anilines is 1. The lowest BCUT2D eigenvalue weighted by Crippen LogP contribution is -1.92. The molecule has 0 bridgehead atoms. The van der Waals surface area contributed by atoms with E-state index in [9.17, 15) is 0 Å². The monoisotopic (exact) mass is 304 g/mol. The lowest BCUT2D eigenvalue weighted by molar-refractivity contribution is 0.478. The maximum absolute atomic E-state index is 5.84. The number of benzene rings is 1. The summed E-state index contributed by atoms with van der Waals surface area (Å²) in [4.78, 5) is 3.99. The zero-order chi connectivity index (χ0) is 12.5. The fourth-order valence-corrected chi connectivity index (χ4v) is 2.19. The Morgan fingerprint density at radius 1 is 1.28 bits per heavy atom. The molecule has 1 fully saturated rings. The normalized spacial score (nSPS) is 14.5. The summed E-state index contributed by atoms with van der Waals surface area (Å²) in [6.07, 6.45) is 4.22. The number of aromatic nitrogens is 1. The molecule has 0 aliphatic heterocycles. The summed E-state index contributed by atoms with van der Waals surface area (Å²) in [6, 6.07) is 9.95. The Morgan fingerprint density at radius 2 is 2.11 bits per heavy atom. The van der Waals surface area contributed by atoms with Crippen LogP contribution in [0.5, 0.6) is 11.5 Å². The van der Waals surface area contributed by atoms with Gasteiger partial charge in [0, 0.05) is 12.3 Å². The van der Waals surface area contributed by atoms with Crippen molar-refractivity contribution in [3.63, 3.8) is 0 Å². The zero-order valence-electron chi connectivity index (χ0n) is 9.77. The molecule has 1 saturated carbocycles. The van der Waals surface area contributed by atoms with Gasteiger partial charge in [-0.2, -0.15) is 0 Å². The van der Waals surface area contributed by atoms with Gasteiger partial charge in [-0.05, 0) is 52.4 Å². The summed E-state index contributed by atoms with van der Waals surface area (Å²) in [5, 5.41) is 0. The van der Waals surface area contributed by atoms with E-state index >= 15 is 0 Å².